The number of hydrogen-bond donors (Lipinski definition) is 3. The highest BCUT2D eigenvalue weighted by Crippen LogP contribution is 2.24. The molecule has 1 amide bonds. The molecule has 0 atom stereocenters. The second-order valence-electron chi connectivity index (χ2n) is 6.47. The first-order valence-electron chi connectivity index (χ1n) is 9.27. The number of carbonyl (C=O) groups is 1. The van der Waals surface area contributed by atoms with Crippen LogP contribution in [0.25, 0.3) is 11.0 Å². The van der Waals surface area contributed by atoms with Crippen molar-refractivity contribution in [1.82, 2.24) is 30.6 Å². The van der Waals surface area contributed by atoms with E-state index < -0.39 is 11.7 Å². The number of rotatable bonds is 8. The van der Waals surface area contributed by atoms with Crippen LogP contribution in [0, 0.1) is 5.82 Å². The van der Waals surface area contributed by atoms with Crippen LogP contribution in [0.5, 0.6) is 0 Å². The standard InChI is InChI=1S/C20H18ClFN6OS/c21-19-18(20(29)25-10-15-12(22)4-3-8-24-15)28-17(30-19)7-9-23-11-16-26-13-5-1-2-6-14(13)27-16/h1-6,8,23H,7,9-11H2,(H,25,29)(H,26,27). The molecule has 0 aliphatic heterocycles. The second kappa shape index (κ2) is 9.29. The molecule has 3 aromatic heterocycles. The Hall–Kier alpha value is -2.88. The van der Waals surface area contributed by atoms with E-state index in [9.17, 15) is 9.18 Å². The number of thiazole rings is 1. The van der Waals surface area contributed by atoms with Crippen LogP contribution in [-0.4, -0.2) is 32.4 Å². The molecule has 7 nitrogen and oxygen atoms in total. The van der Waals surface area contributed by atoms with Gasteiger partial charge in [0.1, 0.15) is 16.0 Å². The molecule has 4 rings (SSSR count). The number of nitrogens with one attached hydrogen (secondary N) is 3. The Morgan fingerprint density at radius 3 is 2.87 bits per heavy atom. The molecule has 0 aliphatic carbocycles. The number of halogens is 2. The summed E-state index contributed by atoms with van der Waals surface area (Å²) in [7, 11) is 0. The zero-order valence-corrected chi connectivity index (χ0v) is 17.4. The predicted molar refractivity (Wildman–Crippen MR) is 114 cm³/mol. The molecule has 3 N–H and O–H groups in total. The number of nitrogens with zero attached hydrogens (tertiary/aromatic N) is 3. The minimum Gasteiger partial charge on any atom is -0.345 e. The number of aromatic nitrogens is 4. The molecule has 3 heterocycles. The molecular formula is C20H18ClFN6OS. The van der Waals surface area contributed by atoms with E-state index in [1.165, 1.54) is 29.7 Å². The van der Waals surface area contributed by atoms with Crippen molar-refractivity contribution in [3.05, 3.63) is 75.0 Å². The van der Waals surface area contributed by atoms with Gasteiger partial charge in [0, 0.05) is 19.2 Å². The SMILES string of the molecule is O=C(NCc1ncccc1F)c1nc(CCNCc2nc3ccccc3[nH]2)sc1Cl. The van der Waals surface area contributed by atoms with Gasteiger partial charge in [-0.15, -0.1) is 11.3 Å². The monoisotopic (exact) mass is 444 g/mol. The maximum atomic E-state index is 13.6. The van der Waals surface area contributed by atoms with Crippen LogP contribution < -0.4 is 10.6 Å². The van der Waals surface area contributed by atoms with Gasteiger partial charge in [-0.2, -0.15) is 0 Å². The number of hydrogen-bond acceptors (Lipinski definition) is 6. The molecule has 154 valence electrons. The molecule has 0 radical (unpaired) electrons. The van der Waals surface area contributed by atoms with E-state index in [2.05, 4.69) is 30.6 Å². The third kappa shape index (κ3) is 4.81. The van der Waals surface area contributed by atoms with Crippen molar-refractivity contribution in [3.8, 4) is 0 Å². The highest BCUT2D eigenvalue weighted by Gasteiger charge is 2.17. The highest BCUT2D eigenvalue weighted by atomic mass is 35.5. The summed E-state index contributed by atoms with van der Waals surface area (Å²) >= 11 is 7.43. The Morgan fingerprint density at radius 2 is 2.03 bits per heavy atom. The van der Waals surface area contributed by atoms with Crippen LogP contribution in [0.15, 0.2) is 42.6 Å². The van der Waals surface area contributed by atoms with Gasteiger partial charge in [0.15, 0.2) is 5.69 Å². The van der Waals surface area contributed by atoms with Crippen molar-refractivity contribution in [2.24, 2.45) is 0 Å². The van der Waals surface area contributed by atoms with E-state index >= 15 is 0 Å². The maximum absolute atomic E-state index is 13.6. The van der Waals surface area contributed by atoms with E-state index in [0.29, 0.717) is 23.8 Å². The lowest BCUT2D eigenvalue weighted by atomic mass is 10.3. The van der Waals surface area contributed by atoms with Crippen molar-refractivity contribution in [2.45, 2.75) is 19.5 Å². The summed E-state index contributed by atoms with van der Waals surface area (Å²) in [6, 6.07) is 10.6. The van der Waals surface area contributed by atoms with Crippen LogP contribution in [0.1, 0.15) is 27.0 Å². The third-order valence-electron chi connectivity index (χ3n) is 4.34. The average molecular weight is 445 g/mol. The molecular weight excluding hydrogens is 427 g/mol. The van der Waals surface area contributed by atoms with Gasteiger partial charge < -0.3 is 15.6 Å². The Morgan fingerprint density at radius 1 is 1.17 bits per heavy atom. The average Bonchev–Trinajstić information content (AvgIpc) is 3.33. The molecule has 4 aromatic rings. The van der Waals surface area contributed by atoms with Crippen LogP contribution in [-0.2, 0) is 19.5 Å². The zero-order valence-electron chi connectivity index (χ0n) is 15.8. The molecule has 0 saturated carbocycles. The van der Waals surface area contributed by atoms with Gasteiger partial charge in [0.2, 0.25) is 0 Å². The van der Waals surface area contributed by atoms with Gasteiger partial charge in [-0.25, -0.2) is 14.4 Å². The second-order valence-corrected chi connectivity index (χ2v) is 8.16. The number of amides is 1. The Labute approximate surface area is 180 Å². The maximum Gasteiger partial charge on any atom is 0.272 e. The number of para-hydroxylation sites is 2. The van der Waals surface area contributed by atoms with Gasteiger partial charge in [-0.05, 0) is 24.3 Å². The fourth-order valence-corrected chi connectivity index (χ4v) is 4.06. The first-order valence-corrected chi connectivity index (χ1v) is 10.5. The number of aromatic amines is 1. The van der Waals surface area contributed by atoms with Crippen LogP contribution in [0.4, 0.5) is 4.39 Å². The van der Waals surface area contributed by atoms with Crippen molar-refractivity contribution < 1.29 is 9.18 Å². The summed E-state index contributed by atoms with van der Waals surface area (Å²) in [4.78, 5) is 28.3. The fourth-order valence-electron chi connectivity index (χ4n) is 2.88. The molecule has 10 heteroatoms. The van der Waals surface area contributed by atoms with Gasteiger partial charge in [0.05, 0.1) is 34.8 Å². The van der Waals surface area contributed by atoms with E-state index in [4.69, 9.17) is 11.6 Å². The van der Waals surface area contributed by atoms with E-state index in [0.717, 1.165) is 21.9 Å². The molecule has 0 spiro atoms. The van der Waals surface area contributed by atoms with Crippen molar-refractivity contribution >= 4 is 39.9 Å². The lowest BCUT2D eigenvalue weighted by molar-refractivity contribution is 0.0945. The first-order chi connectivity index (χ1) is 14.6. The summed E-state index contributed by atoms with van der Waals surface area (Å²) in [5.41, 5.74) is 2.24. The number of H-pyrrole nitrogens is 1. The summed E-state index contributed by atoms with van der Waals surface area (Å²) in [5.74, 6) is -0.0728. The normalized spacial score (nSPS) is 11.1. The Kier molecular flexibility index (Phi) is 6.32. The number of imidazole rings is 1. The molecule has 0 saturated heterocycles. The van der Waals surface area contributed by atoms with Gasteiger partial charge in [-0.1, -0.05) is 23.7 Å². The number of benzene rings is 1. The minimum atomic E-state index is -0.474. The van der Waals surface area contributed by atoms with Crippen LogP contribution in [0.2, 0.25) is 4.34 Å². The van der Waals surface area contributed by atoms with E-state index in [1.54, 1.807) is 0 Å². The predicted octanol–water partition coefficient (Wildman–Crippen LogP) is 3.47. The van der Waals surface area contributed by atoms with Gasteiger partial charge in [0.25, 0.3) is 5.91 Å². The molecule has 0 fully saturated rings. The molecule has 1 aromatic carbocycles. The quantitative estimate of drug-likeness (QED) is 0.362. The van der Waals surface area contributed by atoms with E-state index in [-0.39, 0.29) is 17.9 Å². The number of pyridine rings is 1. The van der Waals surface area contributed by atoms with Crippen molar-refractivity contribution in [2.75, 3.05) is 6.54 Å². The van der Waals surface area contributed by atoms with Gasteiger partial charge >= 0.3 is 0 Å². The Bertz CT molecular complexity index is 1140. The van der Waals surface area contributed by atoms with Crippen molar-refractivity contribution in [3.63, 3.8) is 0 Å². The molecule has 0 bridgehead atoms. The number of carbonyl (C=O) groups excluding carboxylic acids is 1. The largest absolute Gasteiger partial charge is 0.345 e. The topological polar surface area (TPSA) is 95.6 Å². The van der Waals surface area contributed by atoms with Crippen molar-refractivity contribution in [1.29, 1.82) is 0 Å². The third-order valence-corrected chi connectivity index (χ3v) is 5.66. The Balaban J connectivity index is 1.28. The summed E-state index contributed by atoms with van der Waals surface area (Å²) in [5, 5.41) is 6.65. The molecule has 0 aliphatic rings. The highest BCUT2D eigenvalue weighted by molar-refractivity contribution is 7.16. The minimum absolute atomic E-state index is 0.0340. The lowest BCUT2D eigenvalue weighted by Crippen LogP contribution is -2.24. The summed E-state index contributed by atoms with van der Waals surface area (Å²) in [6.07, 6.45) is 2.09. The van der Waals surface area contributed by atoms with E-state index in [1.807, 2.05) is 24.3 Å². The summed E-state index contributed by atoms with van der Waals surface area (Å²) < 4.78 is 13.9. The van der Waals surface area contributed by atoms with Crippen LogP contribution in [0.3, 0.4) is 0 Å². The lowest BCUT2D eigenvalue weighted by Gasteiger charge is -2.04. The number of fused-ring (bicyclic) bond motifs is 1. The fraction of sp³-hybridized carbons (Fsp3) is 0.200. The zero-order chi connectivity index (χ0) is 20.9. The molecule has 0 unspecified atom stereocenters. The first kappa shape index (κ1) is 20.4. The van der Waals surface area contributed by atoms with Gasteiger partial charge in [-0.3, -0.25) is 9.78 Å². The smallest absolute Gasteiger partial charge is 0.272 e. The van der Waals surface area contributed by atoms with Crippen LogP contribution >= 0.6 is 22.9 Å². The summed E-state index contributed by atoms with van der Waals surface area (Å²) in [6.45, 7) is 1.21. The molecule has 30 heavy (non-hydrogen) atoms.